The quantitative estimate of drug-likeness (QED) is 0.380. The molecule has 1 aliphatic rings. The first-order chi connectivity index (χ1) is 15.6. The SMILES string of the molecule is C=CCn1c(SCC(=O)N(C)Cc2ccccc2F)nnc1[C@H]1COc2ccccc2O1. The monoisotopic (exact) mass is 454 g/mol. The van der Waals surface area contributed by atoms with Gasteiger partial charge in [-0.15, -0.1) is 16.8 Å². The second kappa shape index (κ2) is 9.86. The highest BCUT2D eigenvalue weighted by Crippen LogP contribution is 2.36. The van der Waals surface area contributed by atoms with Crippen molar-refractivity contribution in [2.75, 3.05) is 19.4 Å². The van der Waals surface area contributed by atoms with E-state index >= 15 is 0 Å². The van der Waals surface area contributed by atoms with E-state index in [1.165, 1.54) is 22.7 Å². The second-order valence-corrected chi connectivity index (χ2v) is 8.18. The molecule has 32 heavy (non-hydrogen) atoms. The van der Waals surface area contributed by atoms with Gasteiger partial charge in [0.1, 0.15) is 12.4 Å². The minimum absolute atomic E-state index is 0.140. The molecule has 0 saturated heterocycles. The zero-order valence-electron chi connectivity index (χ0n) is 17.6. The summed E-state index contributed by atoms with van der Waals surface area (Å²) in [6.45, 7) is 4.78. The Kier molecular flexibility index (Phi) is 6.75. The number of carbonyl (C=O) groups is 1. The van der Waals surface area contributed by atoms with Crippen molar-refractivity contribution in [3.63, 3.8) is 0 Å². The minimum Gasteiger partial charge on any atom is -0.485 e. The van der Waals surface area contributed by atoms with E-state index in [1.54, 1.807) is 31.3 Å². The predicted molar refractivity (Wildman–Crippen MR) is 119 cm³/mol. The van der Waals surface area contributed by atoms with Gasteiger partial charge in [-0.05, 0) is 18.2 Å². The van der Waals surface area contributed by atoms with Gasteiger partial charge in [0.15, 0.2) is 28.6 Å². The summed E-state index contributed by atoms with van der Waals surface area (Å²) in [4.78, 5) is 14.1. The summed E-state index contributed by atoms with van der Waals surface area (Å²) in [5.74, 6) is 1.62. The number of nitrogens with zero attached hydrogens (tertiary/aromatic N) is 4. The Labute approximate surface area is 189 Å². The number of aromatic nitrogens is 3. The van der Waals surface area contributed by atoms with Crippen LogP contribution in [0.4, 0.5) is 4.39 Å². The number of hydrogen-bond donors (Lipinski definition) is 0. The van der Waals surface area contributed by atoms with Crippen molar-refractivity contribution < 1.29 is 18.7 Å². The van der Waals surface area contributed by atoms with Crippen LogP contribution in [0.2, 0.25) is 0 Å². The van der Waals surface area contributed by atoms with Crippen LogP contribution in [0.3, 0.4) is 0 Å². The van der Waals surface area contributed by atoms with Gasteiger partial charge in [0.2, 0.25) is 5.91 Å². The van der Waals surface area contributed by atoms with E-state index in [1.807, 2.05) is 28.8 Å². The lowest BCUT2D eigenvalue weighted by Gasteiger charge is -2.26. The van der Waals surface area contributed by atoms with E-state index in [0.29, 0.717) is 41.2 Å². The minimum atomic E-state index is -0.425. The number of allylic oxidation sites excluding steroid dienone is 1. The van der Waals surface area contributed by atoms with Crippen molar-refractivity contribution >= 4 is 17.7 Å². The molecule has 0 bridgehead atoms. The molecule has 0 N–H and O–H groups in total. The van der Waals surface area contributed by atoms with Crippen molar-refractivity contribution in [3.8, 4) is 11.5 Å². The zero-order chi connectivity index (χ0) is 22.5. The predicted octanol–water partition coefficient (Wildman–Crippen LogP) is 3.87. The Morgan fingerprint density at radius 1 is 1.25 bits per heavy atom. The van der Waals surface area contributed by atoms with Gasteiger partial charge in [0.25, 0.3) is 0 Å². The Hall–Kier alpha value is -3.33. The highest BCUT2D eigenvalue weighted by atomic mass is 32.2. The van der Waals surface area contributed by atoms with E-state index in [-0.39, 0.29) is 24.0 Å². The van der Waals surface area contributed by atoms with Gasteiger partial charge in [-0.25, -0.2) is 4.39 Å². The summed E-state index contributed by atoms with van der Waals surface area (Å²) in [7, 11) is 1.65. The topological polar surface area (TPSA) is 69.5 Å². The molecule has 166 valence electrons. The lowest BCUT2D eigenvalue weighted by molar-refractivity contribution is -0.127. The number of amides is 1. The molecule has 3 aromatic rings. The lowest BCUT2D eigenvalue weighted by atomic mass is 10.2. The smallest absolute Gasteiger partial charge is 0.233 e. The van der Waals surface area contributed by atoms with E-state index < -0.39 is 6.10 Å². The third-order valence-electron chi connectivity index (χ3n) is 4.97. The fraction of sp³-hybridized carbons (Fsp3) is 0.261. The summed E-state index contributed by atoms with van der Waals surface area (Å²) in [6.07, 6.45) is 1.31. The number of hydrogen-bond acceptors (Lipinski definition) is 6. The number of ether oxygens (including phenoxy) is 2. The number of para-hydroxylation sites is 2. The summed E-state index contributed by atoms with van der Waals surface area (Å²) >= 11 is 1.27. The van der Waals surface area contributed by atoms with Crippen molar-refractivity contribution in [2.24, 2.45) is 0 Å². The van der Waals surface area contributed by atoms with Crippen molar-refractivity contribution in [2.45, 2.75) is 24.3 Å². The normalized spacial score (nSPS) is 14.8. The summed E-state index contributed by atoms with van der Waals surface area (Å²) in [5.41, 5.74) is 0.472. The van der Waals surface area contributed by atoms with Crippen LogP contribution in [0.15, 0.2) is 66.3 Å². The molecule has 4 rings (SSSR count). The van der Waals surface area contributed by atoms with Crippen molar-refractivity contribution in [1.82, 2.24) is 19.7 Å². The summed E-state index contributed by atoms with van der Waals surface area (Å²) in [5, 5.41) is 9.13. The Morgan fingerprint density at radius 3 is 2.78 bits per heavy atom. The molecule has 0 saturated carbocycles. The van der Waals surface area contributed by atoms with Crippen LogP contribution in [0.5, 0.6) is 11.5 Å². The van der Waals surface area contributed by atoms with Gasteiger partial charge in [-0.2, -0.15) is 0 Å². The largest absolute Gasteiger partial charge is 0.485 e. The third-order valence-corrected chi connectivity index (χ3v) is 5.92. The molecule has 0 unspecified atom stereocenters. The zero-order valence-corrected chi connectivity index (χ0v) is 18.4. The molecular weight excluding hydrogens is 431 g/mol. The van der Waals surface area contributed by atoms with Gasteiger partial charge >= 0.3 is 0 Å². The molecule has 7 nitrogen and oxygen atoms in total. The van der Waals surface area contributed by atoms with Crippen LogP contribution in [-0.2, 0) is 17.9 Å². The maximum absolute atomic E-state index is 13.9. The Morgan fingerprint density at radius 2 is 2.00 bits per heavy atom. The van der Waals surface area contributed by atoms with Crippen LogP contribution in [0, 0.1) is 5.82 Å². The summed E-state index contributed by atoms with van der Waals surface area (Å²) < 4.78 is 27.6. The molecule has 1 aromatic heterocycles. The van der Waals surface area contributed by atoms with Crippen molar-refractivity contribution in [1.29, 1.82) is 0 Å². The van der Waals surface area contributed by atoms with Crippen LogP contribution in [-0.4, -0.2) is 45.0 Å². The maximum atomic E-state index is 13.9. The molecule has 0 spiro atoms. The van der Waals surface area contributed by atoms with Gasteiger partial charge < -0.3 is 14.4 Å². The number of rotatable bonds is 8. The molecule has 1 amide bonds. The van der Waals surface area contributed by atoms with E-state index in [4.69, 9.17) is 9.47 Å². The molecule has 9 heteroatoms. The van der Waals surface area contributed by atoms with Gasteiger partial charge in [-0.3, -0.25) is 9.36 Å². The van der Waals surface area contributed by atoms with E-state index in [2.05, 4.69) is 16.8 Å². The summed E-state index contributed by atoms with van der Waals surface area (Å²) in [6, 6.07) is 13.9. The van der Waals surface area contributed by atoms with Gasteiger partial charge in [-0.1, -0.05) is 48.2 Å². The van der Waals surface area contributed by atoms with Crippen LogP contribution in [0.1, 0.15) is 17.5 Å². The van der Waals surface area contributed by atoms with E-state index in [0.717, 1.165) is 0 Å². The molecule has 0 radical (unpaired) electrons. The maximum Gasteiger partial charge on any atom is 0.233 e. The average Bonchev–Trinajstić information content (AvgIpc) is 3.21. The molecule has 0 aliphatic carbocycles. The molecular formula is C23H23FN4O3S. The second-order valence-electron chi connectivity index (χ2n) is 7.23. The number of benzene rings is 2. The Bertz CT molecular complexity index is 1120. The van der Waals surface area contributed by atoms with Crippen molar-refractivity contribution in [3.05, 3.63) is 78.4 Å². The first kappa shape index (κ1) is 21.9. The Balaban J connectivity index is 1.43. The standard InChI is InChI=1S/C23H23FN4O3S/c1-3-12-28-22(20-14-30-18-10-6-7-11-19(18)31-20)25-26-23(28)32-15-21(29)27(2)13-16-8-4-5-9-17(16)24/h3-11,20H,1,12-15H2,2H3/t20-/m1/s1. The molecule has 1 atom stereocenters. The molecule has 2 heterocycles. The molecule has 0 fully saturated rings. The van der Waals surface area contributed by atoms with Gasteiger partial charge in [0.05, 0.1) is 5.75 Å². The number of carbonyl (C=O) groups excluding carboxylic acids is 1. The molecule has 2 aromatic carbocycles. The highest BCUT2D eigenvalue weighted by molar-refractivity contribution is 7.99. The average molecular weight is 455 g/mol. The fourth-order valence-corrected chi connectivity index (χ4v) is 4.19. The van der Waals surface area contributed by atoms with Crippen LogP contribution in [0.25, 0.3) is 0 Å². The van der Waals surface area contributed by atoms with Gasteiger partial charge in [0, 0.05) is 25.7 Å². The number of halogens is 1. The third kappa shape index (κ3) is 4.77. The first-order valence-electron chi connectivity index (χ1n) is 10.1. The fourth-order valence-electron chi connectivity index (χ4n) is 3.30. The number of fused-ring (bicyclic) bond motifs is 1. The highest BCUT2D eigenvalue weighted by Gasteiger charge is 2.28. The van der Waals surface area contributed by atoms with E-state index in [9.17, 15) is 9.18 Å². The van der Waals surface area contributed by atoms with Crippen LogP contribution < -0.4 is 9.47 Å². The van der Waals surface area contributed by atoms with Crippen LogP contribution >= 0.6 is 11.8 Å². The molecule has 1 aliphatic heterocycles. The first-order valence-corrected chi connectivity index (χ1v) is 11.1. The lowest BCUT2D eigenvalue weighted by Crippen LogP contribution is -2.28. The number of thioether (sulfide) groups is 1.